The molecule has 0 radical (unpaired) electrons. The van der Waals surface area contributed by atoms with E-state index in [1.807, 2.05) is 19.1 Å². The summed E-state index contributed by atoms with van der Waals surface area (Å²) in [6.07, 6.45) is 1.06. The molecule has 0 amide bonds. The molecule has 18 heavy (non-hydrogen) atoms. The second-order valence-corrected chi connectivity index (χ2v) is 5.41. The normalized spacial score (nSPS) is 20.0. The van der Waals surface area contributed by atoms with E-state index in [4.69, 9.17) is 0 Å². The molecule has 0 aromatic heterocycles. The van der Waals surface area contributed by atoms with Crippen molar-refractivity contribution in [3.05, 3.63) is 34.9 Å². The molecule has 1 unspecified atom stereocenters. The number of benzene rings is 1. The molecule has 1 aliphatic heterocycles. The van der Waals surface area contributed by atoms with E-state index in [1.165, 1.54) is 5.56 Å². The molecule has 3 heteroatoms. The molecular weight excluding hydrogens is 226 g/mol. The molecule has 0 aliphatic carbocycles. The van der Waals surface area contributed by atoms with Crippen molar-refractivity contribution in [3.63, 3.8) is 0 Å². The van der Waals surface area contributed by atoms with Crippen LogP contribution >= 0.6 is 0 Å². The Kier molecular flexibility index (Phi) is 4.38. The van der Waals surface area contributed by atoms with Gasteiger partial charge in [0.15, 0.2) is 0 Å². The van der Waals surface area contributed by atoms with Gasteiger partial charge in [-0.2, -0.15) is 0 Å². The van der Waals surface area contributed by atoms with Gasteiger partial charge in [-0.1, -0.05) is 23.8 Å². The fourth-order valence-corrected chi connectivity index (χ4v) is 2.64. The summed E-state index contributed by atoms with van der Waals surface area (Å²) in [6.45, 7) is 6.53. The van der Waals surface area contributed by atoms with Crippen LogP contribution in [0.3, 0.4) is 0 Å². The minimum atomic E-state index is -0.430. The number of hydrogen-bond donors (Lipinski definition) is 2. The molecule has 1 saturated heterocycles. The topological polar surface area (TPSA) is 43.7 Å². The maximum atomic E-state index is 10.3. The van der Waals surface area contributed by atoms with Crippen molar-refractivity contribution < 1.29 is 10.2 Å². The summed E-state index contributed by atoms with van der Waals surface area (Å²) >= 11 is 0. The number of likely N-dealkylation sites (tertiary alicyclic amines) is 1. The van der Waals surface area contributed by atoms with Crippen molar-refractivity contribution in [1.29, 1.82) is 0 Å². The van der Waals surface area contributed by atoms with Crippen LogP contribution in [0.25, 0.3) is 0 Å². The van der Waals surface area contributed by atoms with Gasteiger partial charge in [-0.3, -0.25) is 0 Å². The molecule has 1 aliphatic rings. The number of rotatable bonds is 3. The lowest BCUT2D eigenvalue weighted by atomic mass is 10.00. The van der Waals surface area contributed by atoms with Gasteiger partial charge in [0, 0.05) is 19.6 Å². The van der Waals surface area contributed by atoms with Gasteiger partial charge in [0.05, 0.1) is 12.2 Å². The predicted molar refractivity (Wildman–Crippen MR) is 72.6 cm³/mol. The Morgan fingerprint density at radius 1 is 1.28 bits per heavy atom. The Balaban J connectivity index is 1.97. The molecule has 1 aromatic carbocycles. The second-order valence-electron chi connectivity index (χ2n) is 5.41. The fraction of sp³-hybridized carbons (Fsp3) is 0.600. The van der Waals surface area contributed by atoms with E-state index in [9.17, 15) is 10.2 Å². The summed E-state index contributed by atoms with van der Waals surface area (Å²) in [6, 6.07) is 6.18. The predicted octanol–water partition coefficient (Wildman–Crippen LogP) is 1.79. The Morgan fingerprint density at radius 3 is 2.56 bits per heavy atom. The lowest BCUT2D eigenvalue weighted by molar-refractivity contribution is 0.0506. The van der Waals surface area contributed by atoms with Gasteiger partial charge in [-0.25, -0.2) is 0 Å². The largest absolute Gasteiger partial charge is 0.393 e. The second kappa shape index (κ2) is 5.83. The molecule has 1 fully saturated rings. The van der Waals surface area contributed by atoms with Gasteiger partial charge in [0.1, 0.15) is 0 Å². The fourth-order valence-electron chi connectivity index (χ4n) is 2.64. The standard InChI is InChI=1S/C15H23NO2/c1-11-3-4-14(12(2)9-11)15(18)10-16-7-5-13(17)6-8-16/h3-4,9,13,15,17-18H,5-8,10H2,1-2H3. The smallest absolute Gasteiger partial charge is 0.0919 e. The van der Waals surface area contributed by atoms with Gasteiger partial charge in [0.25, 0.3) is 0 Å². The molecule has 2 rings (SSSR count). The number of aliphatic hydroxyl groups is 2. The van der Waals surface area contributed by atoms with E-state index >= 15 is 0 Å². The van der Waals surface area contributed by atoms with Gasteiger partial charge < -0.3 is 15.1 Å². The monoisotopic (exact) mass is 249 g/mol. The highest BCUT2D eigenvalue weighted by Gasteiger charge is 2.20. The number of β-amino-alcohol motifs (C(OH)–C–C–N with tert-alkyl or cyclic N) is 1. The van der Waals surface area contributed by atoms with Crippen molar-refractivity contribution in [2.75, 3.05) is 19.6 Å². The molecule has 100 valence electrons. The molecular formula is C15H23NO2. The van der Waals surface area contributed by atoms with Gasteiger partial charge >= 0.3 is 0 Å². The summed E-state index contributed by atoms with van der Waals surface area (Å²) in [5.74, 6) is 0. The van der Waals surface area contributed by atoms with Crippen molar-refractivity contribution in [2.24, 2.45) is 0 Å². The van der Waals surface area contributed by atoms with E-state index < -0.39 is 6.10 Å². The van der Waals surface area contributed by atoms with Crippen molar-refractivity contribution >= 4 is 0 Å². The molecule has 3 nitrogen and oxygen atoms in total. The average molecular weight is 249 g/mol. The quantitative estimate of drug-likeness (QED) is 0.858. The number of aliphatic hydroxyl groups excluding tert-OH is 2. The van der Waals surface area contributed by atoms with Crippen LogP contribution in [-0.2, 0) is 0 Å². The molecule has 1 aromatic rings. The van der Waals surface area contributed by atoms with Crippen LogP contribution in [0, 0.1) is 13.8 Å². The van der Waals surface area contributed by atoms with Gasteiger partial charge in [0.2, 0.25) is 0 Å². The zero-order chi connectivity index (χ0) is 13.1. The Morgan fingerprint density at radius 2 is 1.94 bits per heavy atom. The van der Waals surface area contributed by atoms with E-state index in [0.29, 0.717) is 6.54 Å². The first kappa shape index (κ1) is 13.5. The first-order valence-corrected chi connectivity index (χ1v) is 6.72. The lowest BCUT2D eigenvalue weighted by Crippen LogP contribution is -2.38. The number of piperidine rings is 1. The van der Waals surface area contributed by atoms with Gasteiger partial charge in [-0.15, -0.1) is 0 Å². The van der Waals surface area contributed by atoms with Gasteiger partial charge in [-0.05, 0) is 37.8 Å². The average Bonchev–Trinajstić information content (AvgIpc) is 2.32. The molecule has 0 spiro atoms. The van der Waals surface area contributed by atoms with E-state index in [1.54, 1.807) is 0 Å². The van der Waals surface area contributed by atoms with E-state index in [0.717, 1.165) is 37.1 Å². The zero-order valence-electron chi connectivity index (χ0n) is 11.3. The first-order chi connectivity index (χ1) is 8.56. The summed E-state index contributed by atoms with van der Waals surface area (Å²) < 4.78 is 0. The number of aryl methyl sites for hydroxylation is 2. The Bertz CT molecular complexity index is 397. The third-order valence-corrected chi connectivity index (χ3v) is 3.77. The van der Waals surface area contributed by atoms with Crippen LogP contribution in [0.1, 0.15) is 35.6 Å². The van der Waals surface area contributed by atoms with Crippen molar-refractivity contribution in [2.45, 2.75) is 38.9 Å². The SMILES string of the molecule is Cc1ccc(C(O)CN2CCC(O)CC2)c(C)c1. The van der Waals surface area contributed by atoms with Crippen molar-refractivity contribution in [1.82, 2.24) is 4.90 Å². The molecule has 0 saturated carbocycles. The maximum Gasteiger partial charge on any atom is 0.0919 e. The van der Waals surface area contributed by atoms with Crippen LogP contribution in [0.2, 0.25) is 0 Å². The lowest BCUT2D eigenvalue weighted by Gasteiger charge is -2.31. The summed E-state index contributed by atoms with van der Waals surface area (Å²) in [5.41, 5.74) is 3.40. The highest BCUT2D eigenvalue weighted by molar-refractivity contribution is 5.32. The van der Waals surface area contributed by atoms with Crippen LogP contribution in [-0.4, -0.2) is 40.9 Å². The highest BCUT2D eigenvalue weighted by atomic mass is 16.3. The minimum absolute atomic E-state index is 0.153. The van der Waals surface area contributed by atoms with Crippen LogP contribution < -0.4 is 0 Å². The van der Waals surface area contributed by atoms with Crippen molar-refractivity contribution in [3.8, 4) is 0 Å². The van der Waals surface area contributed by atoms with E-state index in [-0.39, 0.29) is 6.10 Å². The van der Waals surface area contributed by atoms with E-state index in [2.05, 4.69) is 17.9 Å². The third kappa shape index (κ3) is 3.31. The maximum absolute atomic E-state index is 10.3. The Labute approximate surface area is 109 Å². The summed E-state index contributed by atoms with van der Waals surface area (Å²) in [5, 5.41) is 19.8. The first-order valence-electron chi connectivity index (χ1n) is 6.72. The highest BCUT2D eigenvalue weighted by Crippen LogP contribution is 2.21. The third-order valence-electron chi connectivity index (χ3n) is 3.77. The summed E-state index contributed by atoms with van der Waals surface area (Å²) in [4.78, 5) is 2.23. The molecule has 1 atom stereocenters. The number of nitrogens with zero attached hydrogens (tertiary/aromatic N) is 1. The molecule has 2 N–H and O–H groups in total. The molecule has 1 heterocycles. The molecule has 0 bridgehead atoms. The number of hydrogen-bond acceptors (Lipinski definition) is 3. The van der Waals surface area contributed by atoms with Crippen LogP contribution in [0.5, 0.6) is 0 Å². The minimum Gasteiger partial charge on any atom is -0.393 e. The Hall–Kier alpha value is -0.900. The summed E-state index contributed by atoms with van der Waals surface area (Å²) in [7, 11) is 0. The zero-order valence-corrected chi connectivity index (χ0v) is 11.3. The van der Waals surface area contributed by atoms with Crippen LogP contribution in [0.4, 0.5) is 0 Å². The van der Waals surface area contributed by atoms with Crippen LogP contribution in [0.15, 0.2) is 18.2 Å².